The Hall–Kier alpha value is -1.67. The van der Waals surface area contributed by atoms with Crippen LogP contribution in [0.1, 0.15) is 49.4 Å². The zero-order valence-corrected chi connectivity index (χ0v) is 15.7. The van der Waals surface area contributed by atoms with E-state index in [0.717, 1.165) is 0 Å². The van der Waals surface area contributed by atoms with E-state index in [1.807, 2.05) is 10.8 Å². The molecule has 1 aliphatic carbocycles. The minimum Gasteiger partial charge on any atom is -0.478 e. The van der Waals surface area contributed by atoms with Crippen molar-refractivity contribution in [3.05, 3.63) is 23.8 Å². The number of carbonyl (C=O) groups is 3. The number of nitrogens with one attached hydrogen (secondary N) is 2. The second-order valence-corrected chi connectivity index (χ2v) is 8.66. The van der Waals surface area contributed by atoms with Gasteiger partial charge >= 0.3 is 5.97 Å². The highest BCUT2D eigenvalue weighted by Crippen LogP contribution is 2.37. The fourth-order valence-corrected chi connectivity index (χ4v) is 5.36. The molecule has 0 bridgehead atoms. The van der Waals surface area contributed by atoms with E-state index in [1.54, 1.807) is 16.9 Å². The number of amides is 2. The number of anilines is 2. The molecule has 1 saturated carbocycles. The summed E-state index contributed by atoms with van der Waals surface area (Å²) in [5.74, 6) is -0.966. The van der Waals surface area contributed by atoms with Gasteiger partial charge in [-0.05, 0) is 31.0 Å². The van der Waals surface area contributed by atoms with Crippen molar-refractivity contribution >= 4 is 50.7 Å². The molecule has 2 amide bonds. The molecule has 136 valence electrons. The van der Waals surface area contributed by atoms with Crippen LogP contribution in [-0.4, -0.2) is 33.9 Å². The maximum absolute atomic E-state index is 12.0. The molecule has 0 atom stereocenters. The van der Waals surface area contributed by atoms with Crippen molar-refractivity contribution in [1.29, 1.82) is 0 Å². The van der Waals surface area contributed by atoms with Crippen LogP contribution in [0.5, 0.6) is 0 Å². The van der Waals surface area contributed by atoms with Crippen molar-refractivity contribution in [2.45, 2.75) is 44.3 Å². The van der Waals surface area contributed by atoms with Crippen LogP contribution in [0.25, 0.3) is 0 Å². The molecular weight excluding hydrogens is 360 g/mol. The first-order valence-corrected chi connectivity index (χ1v) is 10.6. The van der Waals surface area contributed by atoms with E-state index >= 15 is 0 Å². The monoisotopic (exact) mass is 382 g/mol. The molecule has 0 saturated heterocycles. The fourth-order valence-electron chi connectivity index (χ4n) is 2.59. The molecular formula is C17H22N2O4S2. The van der Waals surface area contributed by atoms with Gasteiger partial charge in [-0.1, -0.05) is 34.4 Å². The number of hydrogen-bond acceptors (Lipinski definition) is 5. The molecule has 1 aromatic carbocycles. The molecule has 0 spiro atoms. The van der Waals surface area contributed by atoms with Gasteiger partial charge in [0.1, 0.15) is 0 Å². The summed E-state index contributed by atoms with van der Waals surface area (Å²) in [6.45, 7) is 1.34. The number of carbonyl (C=O) groups excluding carboxylic acids is 2. The molecule has 0 unspecified atom stereocenters. The Morgan fingerprint density at radius 3 is 2.56 bits per heavy atom. The Labute approximate surface area is 154 Å². The lowest BCUT2D eigenvalue weighted by Gasteiger charge is -2.11. The van der Waals surface area contributed by atoms with Gasteiger partial charge in [0.05, 0.1) is 11.3 Å². The molecule has 6 nitrogen and oxygen atoms in total. The van der Waals surface area contributed by atoms with Crippen molar-refractivity contribution < 1.29 is 19.5 Å². The van der Waals surface area contributed by atoms with E-state index in [2.05, 4.69) is 10.6 Å². The number of rotatable bonds is 8. The maximum Gasteiger partial charge on any atom is 0.337 e. The van der Waals surface area contributed by atoms with Crippen LogP contribution >= 0.6 is 21.6 Å². The van der Waals surface area contributed by atoms with Crippen molar-refractivity contribution in [2.24, 2.45) is 0 Å². The van der Waals surface area contributed by atoms with Gasteiger partial charge in [-0.3, -0.25) is 9.59 Å². The Morgan fingerprint density at radius 2 is 1.92 bits per heavy atom. The highest BCUT2D eigenvalue weighted by Gasteiger charge is 2.16. The normalized spacial score (nSPS) is 14.3. The van der Waals surface area contributed by atoms with Crippen molar-refractivity contribution in [3.63, 3.8) is 0 Å². The third-order valence-electron chi connectivity index (χ3n) is 3.76. The Morgan fingerprint density at radius 1 is 1.20 bits per heavy atom. The first-order chi connectivity index (χ1) is 12.0. The topological polar surface area (TPSA) is 95.5 Å². The summed E-state index contributed by atoms with van der Waals surface area (Å²) in [6, 6.07) is 4.39. The molecule has 8 heteroatoms. The quantitative estimate of drug-likeness (QED) is 0.465. The summed E-state index contributed by atoms with van der Waals surface area (Å²) < 4.78 is 0. The van der Waals surface area contributed by atoms with E-state index in [0.29, 0.717) is 23.1 Å². The van der Waals surface area contributed by atoms with E-state index < -0.39 is 5.97 Å². The lowest BCUT2D eigenvalue weighted by atomic mass is 10.1. The van der Waals surface area contributed by atoms with Crippen LogP contribution in [0, 0.1) is 0 Å². The van der Waals surface area contributed by atoms with Gasteiger partial charge < -0.3 is 15.7 Å². The zero-order chi connectivity index (χ0) is 18.2. The number of aromatic carboxylic acids is 1. The summed E-state index contributed by atoms with van der Waals surface area (Å²) in [6.07, 6.45) is 5.44. The van der Waals surface area contributed by atoms with Gasteiger partial charge in [0, 0.05) is 30.0 Å². The van der Waals surface area contributed by atoms with Gasteiger partial charge in [0.15, 0.2) is 0 Å². The number of carboxylic acid groups (broad SMARTS) is 1. The van der Waals surface area contributed by atoms with Crippen molar-refractivity contribution in [3.8, 4) is 0 Å². The van der Waals surface area contributed by atoms with Gasteiger partial charge in [-0.25, -0.2) is 4.79 Å². The first-order valence-electron chi connectivity index (χ1n) is 8.19. The molecule has 1 fully saturated rings. The average molecular weight is 383 g/mol. The van der Waals surface area contributed by atoms with E-state index in [9.17, 15) is 19.5 Å². The van der Waals surface area contributed by atoms with Gasteiger partial charge in [-0.2, -0.15) is 0 Å². The number of hydrogen-bond donors (Lipinski definition) is 3. The standard InChI is InChI=1S/C17H22N2O4S2/c1-11(20)18-12-6-7-15(14(10-12)17(22)23)19-16(21)8-9-24-25-13-4-2-3-5-13/h6-7,10,13H,2-5,8-9H2,1H3,(H,18,20)(H,19,21)(H,22,23). The maximum atomic E-state index is 12.0. The third kappa shape index (κ3) is 6.62. The predicted octanol–water partition coefficient (Wildman–Crippen LogP) is 4.00. The average Bonchev–Trinajstić information content (AvgIpc) is 3.05. The van der Waals surface area contributed by atoms with E-state index in [-0.39, 0.29) is 23.1 Å². The van der Waals surface area contributed by atoms with Gasteiger partial charge in [-0.15, -0.1) is 0 Å². The van der Waals surface area contributed by atoms with Crippen LogP contribution in [0.4, 0.5) is 11.4 Å². The minimum absolute atomic E-state index is 0.0485. The summed E-state index contributed by atoms with van der Waals surface area (Å²) in [5, 5.41) is 15.2. The Bertz CT molecular complexity index is 646. The molecule has 2 rings (SSSR count). The Kier molecular flexibility index (Phi) is 7.64. The van der Waals surface area contributed by atoms with Crippen LogP contribution in [0.2, 0.25) is 0 Å². The smallest absolute Gasteiger partial charge is 0.337 e. The van der Waals surface area contributed by atoms with Crippen molar-refractivity contribution in [2.75, 3.05) is 16.4 Å². The molecule has 0 aliphatic heterocycles. The van der Waals surface area contributed by atoms with Crippen molar-refractivity contribution in [1.82, 2.24) is 0 Å². The van der Waals surface area contributed by atoms with E-state index in [1.165, 1.54) is 44.7 Å². The molecule has 0 radical (unpaired) electrons. The fraction of sp³-hybridized carbons (Fsp3) is 0.471. The number of carboxylic acids is 1. The predicted molar refractivity (Wildman–Crippen MR) is 103 cm³/mol. The SMILES string of the molecule is CC(=O)Nc1ccc(NC(=O)CCSSC2CCCC2)c(C(=O)O)c1. The van der Waals surface area contributed by atoms with Gasteiger partial charge in [0.25, 0.3) is 0 Å². The molecule has 1 aromatic rings. The summed E-state index contributed by atoms with van der Waals surface area (Å²) in [5.41, 5.74) is 0.569. The van der Waals surface area contributed by atoms with E-state index in [4.69, 9.17) is 0 Å². The number of benzene rings is 1. The summed E-state index contributed by atoms with van der Waals surface area (Å²) in [7, 11) is 3.55. The second-order valence-electron chi connectivity index (χ2n) is 5.87. The summed E-state index contributed by atoms with van der Waals surface area (Å²) in [4.78, 5) is 34.5. The Balaban J connectivity index is 1.86. The minimum atomic E-state index is -1.16. The highest BCUT2D eigenvalue weighted by molar-refractivity contribution is 8.76. The lowest BCUT2D eigenvalue weighted by molar-refractivity contribution is -0.116. The summed E-state index contributed by atoms with van der Waals surface area (Å²) >= 11 is 0. The molecule has 1 aliphatic rings. The van der Waals surface area contributed by atoms with Crippen LogP contribution in [0.15, 0.2) is 18.2 Å². The molecule has 3 N–H and O–H groups in total. The first kappa shape index (κ1) is 19.7. The molecule has 25 heavy (non-hydrogen) atoms. The van der Waals surface area contributed by atoms with Crippen LogP contribution in [0.3, 0.4) is 0 Å². The van der Waals surface area contributed by atoms with Crippen LogP contribution in [-0.2, 0) is 9.59 Å². The zero-order valence-electron chi connectivity index (χ0n) is 14.0. The highest BCUT2D eigenvalue weighted by atomic mass is 33.1. The van der Waals surface area contributed by atoms with Crippen LogP contribution < -0.4 is 10.6 Å². The van der Waals surface area contributed by atoms with Gasteiger partial charge in [0.2, 0.25) is 11.8 Å². The lowest BCUT2D eigenvalue weighted by Crippen LogP contribution is -2.15. The molecule has 0 aromatic heterocycles. The molecule has 0 heterocycles. The second kappa shape index (κ2) is 9.72. The third-order valence-corrected chi connectivity index (χ3v) is 6.74. The largest absolute Gasteiger partial charge is 0.478 e.